The first-order valence-corrected chi connectivity index (χ1v) is 4.68. The fourth-order valence-corrected chi connectivity index (χ4v) is 2.24. The summed E-state index contributed by atoms with van der Waals surface area (Å²) in [5.74, 6) is 0. The third-order valence-electron chi connectivity index (χ3n) is 3.38. The number of rotatable bonds is 1. The van der Waals surface area contributed by atoms with Crippen molar-refractivity contribution >= 4 is 0 Å². The van der Waals surface area contributed by atoms with E-state index in [2.05, 4.69) is 25.2 Å². The summed E-state index contributed by atoms with van der Waals surface area (Å²) in [5.41, 5.74) is -0.167. The molecule has 0 heterocycles. The smallest absolute Gasteiger partial charge is 0.111 e. The van der Waals surface area contributed by atoms with Gasteiger partial charge in [0.05, 0.1) is 6.07 Å². The van der Waals surface area contributed by atoms with Gasteiger partial charge >= 0.3 is 0 Å². The Hall–Kier alpha value is -0.550. The molecule has 68 valence electrons. The zero-order chi connectivity index (χ0) is 9.24. The molecule has 1 aliphatic carbocycles. The zero-order valence-corrected chi connectivity index (χ0v) is 8.28. The van der Waals surface area contributed by atoms with E-state index in [9.17, 15) is 0 Å². The monoisotopic (exact) mass is 166 g/mol. The summed E-state index contributed by atoms with van der Waals surface area (Å²) in [4.78, 5) is 0. The van der Waals surface area contributed by atoms with Crippen molar-refractivity contribution in [2.24, 2.45) is 5.41 Å². The number of nitriles is 1. The molecule has 0 aliphatic heterocycles. The van der Waals surface area contributed by atoms with Gasteiger partial charge in [-0.1, -0.05) is 26.7 Å². The second kappa shape index (κ2) is 3.06. The van der Waals surface area contributed by atoms with Gasteiger partial charge in [-0.2, -0.15) is 5.26 Å². The van der Waals surface area contributed by atoms with E-state index in [-0.39, 0.29) is 11.0 Å². The molecule has 0 aromatic heterocycles. The van der Waals surface area contributed by atoms with Crippen LogP contribution in [0.2, 0.25) is 0 Å². The Morgan fingerprint density at radius 1 is 1.25 bits per heavy atom. The third kappa shape index (κ3) is 1.23. The Morgan fingerprint density at radius 3 is 2.17 bits per heavy atom. The second-order valence-electron chi connectivity index (χ2n) is 4.36. The molecule has 1 atom stereocenters. The number of hydrogen-bond acceptors (Lipinski definition) is 2. The topological polar surface area (TPSA) is 35.8 Å². The summed E-state index contributed by atoms with van der Waals surface area (Å²) in [6.45, 7) is 4.37. The SMILES string of the molecule is CNC1(C#N)CCCCC1(C)C. The number of nitrogens with zero attached hydrogens (tertiary/aromatic N) is 1. The van der Waals surface area contributed by atoms with Crippen LogP contribution in [0.5, 0.6) is 0 Å². The van der Waals surface area contributed by atoms with Crippen LogP contribution in [0.25, 0.3) is 0 Å². The van der Waals surface area contributed by atoms with Gasteiger partial charge in [-0.25, -0.2) is 0 Å². The molecular formula is C10H18N2. The molecule has 1 aliphatic rings. The predicted octanol–water partition coefficient (Wildman–Crippen LogP) is 2.07. The highest BCUT2D eigenvalue weighted by atomic mass is 15.0. The Labute approximate surface area is 75.0 Å². The average molecular weight is 166 g/mol. The largest absolute Gasteiger partial charge is 0.302 e. The lowest BCUT2D eigenvalue weighted by Gasteiger charge is -2.45. The summed E-state index contributed by atoms with van der Waals surface area (Å²) in [6, 6.07) is 2.45. The molecule has 12 heavy (non-hydrogen) atoms. The summed E-state index contributed by atoms with van der Waals surface area (Å²) in [5, 5.41) is 12.4. The quantitative estimate of drug-likeness (QED) is 0.647. The molecule has 0 spiro atoms. The summed E-state index contributed by atoms with van der Waals surface area (Å²) in [7, 11) is 1.90. The minimum Gasteiger partial charge on any atom is -0.302 e. The van der Waals surface area contributed by atoms with Crippen LogP contribution in [0.1, 0.15) is 39.5 Å². The molecule has 1 N–H and O–H groups in total. The lowest BCUT2D eigenvalue weighted by atomic mass is 9.64. The maximum Gasteiger partial charge on any atom is 0.111 e. The van der Waals surface area contributed by atoms with E-state index >= 15 is 0 Å². The summed E-state index contributed by atoms with van der Waals surface area (Å²) < 4.78 is 0. The molecule has 0 radical (unpaired) electrons. The van der Waals surface area contributed by atoms with E-state index in [1.165, 1.54) is 12.8 Å². The van der Waals surface area contributed by atoms with Crippen molar-refractivity contribution in [1.29, 1.82) is 5.26 Å². The highest BCUT2D eigenvalue weighted by Gasteiger charge is 2.45. The molecule has 0 aromatic carbocycles. The molecule has 0 aromatic rings. The predicted molar refractivity (Wildman–Crippen MR) is 49.7 cm³/mol. The molecule has 1 rings (SSSR count). The van der Waals surface area contributed by atoms with Crippen molar-refractivity contribution < 1.29 is 0 Å². The first-order chi connectivity index (χ1) is 5.58. The Morgan fingerprint density at radius 2 is 1.83 bits per heavy atom. The van der Waals surface area contributed by atoms with Crippen LogP contribution in [0.15, 0.2) is 0 Å². The average Bonchev–Trinajstić information content (AvgIpc) is 2.05. The standard InChI is InChI=1S/C10H18N2/c1-9(2)6-4-5-7-10(9,8-11)12-3/h12H,4-7H2,1-3H3. The van der Waals surface area contributed by atoms with Gasteiger partial charge in [-0.05, 0) is 25.3 Å². The molecule has 0 bridgehead atoms. The van der Waals surface area contributed by atoms with Gasteiger partial charge in [0.15, 0.2) is 0 Å². The lowest BCUT2D eigenvalue weighted by molar-refractivity contribution is 0.118. The molecule has 0 amide bonds. The van der Waals surface area contributed by atoms with Crippen molar-refractivity contribution in [2.75, 3.05) is 7.05 Å². The first kappa shape index (κ1) is 9.54. The molecule has 1 unspecified atom stereocenters. The van der Waals surface area contributed by atoms with Gasteiger partial charge in [0.25, 0.3) is 0 Å². The van der Waals surface area contributed by atoms with Crippen molar-refractivity contribution in [3.63, 3.8) is 0 Å². The van der Waals surface area contributed by atoms with E-state index in [1.54, 1.807) is 0 Å². The maximum atomic E-state index is 9.16. The number of hydrogen-bond donors (Lipinski definition) is 1. The van der Waals surface area contributed by atoms with Gasteiger partial charge < -0.3 is 5.32 Å². The van der Waals surface area contributed by atoms with Crippen LogP contribution < -0.4 is 5.32 Å². The maximum absolute atomic E-state index is 9.16. The lowest BCUT2D eigenvalue weighted by Crippen LogP contribution is -2.55. The van der Waals surface area contributed by atoms with Crippen LogP contribution in [-0.2, 0) is 0 Å². The van der Waals surface area contributed by atoms with Crippen LogP contribution in [-0.4, -0.2) is 12.6 Å². The third-order valence-corrected chi connectivity index (χ3v) is 3.38. The van der Waals surface area contributed by atoms with Crippen LogP contribution in [0, 0.1) is 16.7 Å². The second-order valence-corrected chi connectivity index (χ2v) is 4.36. The highest BCUT2D eigenvalue weighted by molar-refractivity contribution is 5.15. The van der Waals surface area contributed by atoms with Crippen molar-refractivity contribution in [3.8, 4) is 6.07 Å². The normalized spacial score (nSPS) is 34.2. The van der Waals surface area contributed by atoms with Gasteiger partial charge in [-0.15, -0.1) is 0 Å². The molecule has 0 saturated heterocycles. The van der Waals surface area contributed by atoms with E-state index in [1.807, 2.05) is 7.05 Å². The minimum atomic E-state index is -0.286. The Bertz CT molecular complexity index is 202. The number of nitrogens with one attached hydrogen (secondary N) is 1. The van der Waals surface area contributed by atoms with Gasteiger partial charge in [0, 0.05) is 0 Å². The van der Waals surface area contributed by atoms with Gasteiger partial charge in [0.1, 0.15) is 5.54 Å². The molecule has 1 fully saturated rings. The summed E-state index contributed by atoms with van der Waals surface area (Å²) in [6.07, 6.45) is 4.59. The van der Waals surface area contributed by atoms with E-state index < -0.39 is 0 Å². The minimum absolute atomic E-state index is 0.120. The van der Waals surface area contributed by atoms with Crippen molar-refractivity contribution in [2.45, 2.75) is 45.1 Å². The Balaban J connectivity index is 2.91. The Kier molecular flexibility index (Phi) is 2.44. The van der Waals surface area contributed by atoms with E-state index in [0.29, 0.717) is 0 Å². The summed E-state index contributed by atoms with van der Waals surface area (Å²) >= 11 is 0. The first-order valence-electron chi connectivity index (χ1n) is 4.68. The molecule has 2 heteroatoms. The zero-order valence-electron chi connectivity index (χ0n) is 8.28. The van der Waals surface area contributed by atoms with Crippen LogP contribution >= 0.6 is 0 Å². The molecule has 2 nitrogen and oxygen atoms in total. The molecule has 1 saturated carbocycles. The van der Waals surface area contributed by atoms with Crippen LogP contribution in [0.4, 0.5) is 0 Å². The fourth-order valence-electron chi connectivity index (χ4n) is 2.24. The van der Waals surface area contributed by atoms with Crippen molar-refractivity contribution in [1.82, 2.24) is 5.32 Å². The van der Waals surface area contributed by atoms with Crippen molar-refractivity contribution in [3.05, 3.63) is 0 Å². The van der Waals surface area contributed by atoms with Gasteiger partial charge in [0.2, 0.25) is 0 Å². The van der Waals surface area contributed by atoms with E-state index in [0.717, 1.165) is 12.8 Å². The highest BCUT2D eigenvalue weighted by Crippen LogP contribution is 2.42. The fraction of sp³-hybridized carbons (Fsp3) is 0.900. The molecular weight excluding hydrogens is 148 g/mol. The van der Waals surface area contributed by atoms with Gasteiger partial charge in [-0.3, -0.25) is 0 Å². The van der Waals surface area contributed by atoms with Crippen LogP contribution in [0.3, 0.4) is 0 Å². The van der Waals surface area contributed by atoms with E-state index in [4.69, 9.17) is 5.26 Å².